The minimum Gasteiger partial charge on any atom is -0.494 e. The largest absolute Gasteiger partial charge is 0.494 e. The van der Waals surface area contributed by atoms with Crippen molar-refractivity contribution >= 4 is 33.1 Å². The lowest BCUT2D eigenvalue weighted by molar-refractivity contribution is 0.0910. The van der Waals surface area contributed by atoms with Crippen LogP contribution in [0.1, 0.15) is 53.6 Å². The molecule has 0 saturated carbocycles. The van der Waals surface area contributed by atoms with Gasteiger partial charge in [-0.3, -0.25) is 19.1 Å². The number of Topliss-reactive ketones (excluding diaryl/α,β-unsaturated/α-hetero) is 1. The van der Waals surface area contributed by atoms with Gasteiger partial charge in [0.1, 0.15) is 11.3 Å². The molecule has 1 aromatic heterocycles. The molecule has 1 aliphatic carbocycles. The van der Waals surface area contributed by atoms with Gasteiger partial charge in [-0.1, -0.05) is 13.8 Å². The molecule has 3 rings (SSSR count). The van der Waals surface area contributed by atoms with E-state index in [1.165, 1.54) is 38.3 Å². The third-order valence-electron chi connectivity index (χ3n) is 5.07. The number of ether oxygens (including phenoxy) is 1. The first-order chi connectivity index (χ1) is 14.4. The minimum absolute atomic E-state index is 0.106. The van der Waals surface area contributed by atoms with Crippen molar-refractivity contribution in [3.63, 3.8) is 0 Å². The van der Waals surface area contributed by atoms with E-state index in [9.17, 15) is 22.8 Å². The normalized spacial score (nSPS) is 15.2. The van der Waals surface area contributed by atoms with Crippen molar-refractivity contribution in [3.8, 4) is 5.75 Å². The summed E-state index contributed by atoms with van der Waals surface area (Å²) in [4.78, 5) is 40.4. The van der Waals surface area contributed by atoms with Crippen LogP contribution in [0.2, 0.25) is 0 Å². The summed E-state index contributed by atoms with van der Waals surface area (Å²) in [5.74, 6) is -0.714. The number of sulfonamides is 1. The molecule has 2 aromatic rings. The van der Waals surface area contributed by atoms with Crippen molar-refractivity contribution in [2.24, 2.45) is 5.41 Å². The highest BCUT2D eigenvalue weighted by atomic mass is 32.2. The fourth-order valence-corrected chi connectivity index (χ4v) is 4.14. The fourth-order valence-electron chi connectivity index (χ4n) is 3.49. The van der Waals surface area contributed by atoms with Crippen LogP contribution in [-0.4, -0.2) is 38.0 Å². The molecule has 0 bridgehead atoms. The van der Waals surface area contributed by atoms with E-state index in [-0.39, 0.29) is 34.0 Å². The summed E-state index contributed by atoms with van der Waals surface area (Å²) in [7, 11) is -2.14. The molecule has 0 atom stereocenters. The second kappa shape index (κ2) is 8.18. The van der Waals surface area contributed by atoms with E-state index in [0.717, 1.165) is 0 Å². The Labute approximate surface area is 180 Å². The van der Waals surface area contributed by atoms with E-state index >= 15 is 0 Å². The standard InChI is InChI=1S/C21H25N3O6S/c1-5-31(28,29)24-15-7-6-12(8-18(15)30-4)22-19(26)14-9-13-16(23-20(14)27)10-21(2,3)11-17(13)25/h6-9,24H,5,10-11H2,1-4H3,(H,22,26)(H,23,27). The number of hydrogen-bond acceptors (Lipinski definition) is 6. The SMILES string of the molecule is CCS(=O)(=O)Nc1ccc(NC(=O)c2cc3c([nH]c2=O)CC(C)(C)CC3=O)cc1OC. The molecule has 0 fully saturated rings. The van der Waals surface area contributed by atoms with Crippen LogP contribution >= 0.6 is 0 Å². The maximum atomic E-state index is 12.7. The molecule has 3 N–H and O–H groups in total. The van der Waals surface area contributed by atoms with Gasteiger partial charge in [0.05, 0.1) is 18.6 Å². The second-order valence-electron chi connectivity index (χ2n) is 8.22. The van der Waals surface area contributed by atoms with Crippen molar-refractivity contribution in [2.75, 3.05) is 22.9 Å². The molecule has 0 spiro atoms. The van der Waals surface area contributed by atoms with Crippen LogP contribution in [-0.2, 0) is 16.4 Å². The number of rotatable bonds is 6. The highest BCUT2D eigenvalue weighted by molar-refractivity contribution is 7.92. The van der Waals surface area contributed by atoms with Crippen LogP contribution < -0.4 is 20.3 Å². The average molecular weight is 448 g/mol. The van der Waals surface area contributed by atoms with Crippen molar-refractivity contribution in [2.45, 2.75) is 33.6 Å². The smallest absolute Gasteiger partial charge is 0.261 e. The zero-order valence-corrected chi connectivity index (χ0v) is 18.6. The predicted molar refractivity (Wildman–Crippen MR) is 118 cm³/mol. The van der Waals surface area contributed by atoms with E-state index in [4.69, 9.17) is 4.74 Å². The molecule has 1 aliphatic rings. The summed E-state index contributed by atoms with van der Waals surface area (Å²) in [6.45, 7) is 5.40. The van der Waals surface area contributed by atoms with Gasteiger partial charge in [-0.15, -0.1) is 0 Å². The monoisotopic (exact) mass is 447 g/mol. The molecule has 31 heavy (non-hydrogen) atoms. The summed E-state index contributed by atoms with van der Waals surface area (Å²) in [6, 6.07) is 5.70. The van der Waals surface area contributed by atoms with E-state index in [2.05, 4.69) is 15.0 Å². The molecule has 0 unspecified atom stereocenters. The summed E-state index contributed by atoms with van der Waals surface area (Å²) in [5.41, 5.74) is 0.396. The number of fused-ring (bicyclic) bond motifs is 1. The first-order valence-electron chi connectivity index (χ1n) is 9.74. The zero-order chi connectivity index (χ0) is 23.0. The van der Waals surface area contributed by atoms with Gasteiger partial charge in [-0.25, -0.2) is 8.42 Å². The third kappa shape index (κ3) is 4.96. The van der Waals surface area contributed by atoms with Gasteiger partial charge in [-0.05, 0) is 37.0 Å². The molecule has 1 amide bonds. The van der Waals surface area contributed by atoms with Crippen LogP contribution in [0.4, 0.5) is 11.4 Å². The van der Waals surface area contributed by atoms with Gasteiger partial charge in [0.25, 0.3) is 11.5 Å². The number of pyridine rings is 1. The topological polar surface area (TPSA) is 134 Å². The van der Waals surface area contributed by atoms with Gasteiger partial charge in [0, 0.05) is 29.4 Å². The lowest BCUT2D eigenvalue weighted by Crippen LogP contribution is -2.32. The number of hydrogen-bond donors (Lipinski definition) is 3. The molecule has 0 radical (unpaired) electrons. The Bertz CT molecular complexity index is 1210. The number of aromatic amines is 1. The van der Waals surface area contributed by atoms with Crippen LogP contribution in [0.25, 0.3) is 0 Å². The highest BCUT2D eigenvalue weighted by Gasteiger charge is 2.32. The van der Waals surface area contributed by atoms with Gasteiger partial charge >= 0.3 is 0 Å². The molecule has 166 valence electrons. The number of carbonyl (C=O) groups excluding carboxylic acids is 2. The van der Waals surface area contributed by atoms with Gasteiger partial charge < -0.3 is 15.0 Å². The predicted octanol–water partition coefficient (Wildman–Crippen LogP) is 2.55. The minimum atomic E-state index is -3.51. The lowest BCUT2D eigenvalue weighted by atomic mass is 9.75. The van der Waals surface area contributed by atoms with E-state index in [1.807, 2.05) is 13.8 Å². The number of amides is 1. The molecular formula is C21H25N3O6S. The summed E-state index contributed by atoms with van der Waals surface area (Å²) >= 11 is 0. The first-order valence-corrected chi connectivity index (χ1v) is 11.4. The number of anilines is 2. The highest BCUT2D eigenvalue weighted by Crippen LogP contribution is 2.33. The van der Waals surface area contributed by atoms with Crippen molar-refractivity contribution in [1.29, 1.82) is 0 Å². The van der Waals surface area contributed by atoms with Crippen molar-refractivity contribution in [1.82, 2.24) is 4.98 Å². The lowest BCUT2D eigenvalue weighted by Gasteiger charge is -2.29. The summed E-state index contributed by atoms with van der Waals surface area (Å²) in [5, 5.41) is 2.59. The Morgan fingerprint density at radius 2 is 1.90 bits per heavy atom. The number of benzene rings is 1. The average Bonchev–Trinajstić information content (AvgIpc) is 2.67. The zero-order valence-electron chi connectivity index (χ0n) is 17.8. The van der Waals surface area contributed by atoms with Crippen molar-refractivity contribution in [3.05, 3.63) is 51.4 Å². The maximum absolute atomic E-state index is 12.7. The number of aromatic nitrogens is 1. The Kier molecular flexibility index (Phi) is 5.95. The number of ketones is 1. The fraction of sp³-hybridized carbons (Fsp3) is 0.381. The molecule has 10 heteroatoms. The third-order valence-corrected chi connectivity index (χ3v) is 6.36. The summed E-state index contributed by atoms with van der Waals surface area (Å²) < 4.78 is 31.2. The maximum Gasteiger partial charge on any atom is 0.261 e. The molecule has 0 aliphatic heterocycles. The quantitative estimate of drug-likeness (QED) is 0.623. The Hall–Kier alpha value is -3.14. The molecule has 9 nitrogen and oxygen atoms in total. The summed E-state index contributed by atoms with van der Waals surface area (Å²) in [6.07, 6.45) is 0.872. The first kappa shape index (κ1) is 22.5. The molecule has 0 saturated heterocycles. The Morgan fingerprint density at radius 1 is 1.19 bits per heavy atom. The molecular weight excluding hydrogens is 422 g/mol. The second-order valence-corrected chi connectivity index (χ2v) is 10.2. The van der Waals surface area contributed by atoms with Crippen LogP contribution in [0.3, 0.4) is 0 Å². The van der Waals surface area contributed by atoms with E-state index < -0.39 is 21.5 Å². The molecule has 1 aromatic carbocycles. The van der Waals surface area contributed by atoms with E-state index in [0.29, 0.717) is 29.8 Å². The number of H-pyrrole nitrogens is 1. The van der Waals surface area contributed by atoms with Gasteiger partial charge in [-0.2, -0.15) is 0 Å². The van der Waals surface area contributed by atoms with Crippen LogP contribution in [0.15, 0.2) is 29.1 Å². The van der Waals surface area contributed by atoms with Crippen molar-refractivity contribution < 1.29 is 22.7 Å². The van der Waals surface area contributed by atoms with E-state index in [1.54, 1.807) is 0 Å². The number of carbonyl (C=O) groups is 2. The van der Waals surface area contributed by atoms with Gasteiger partial charge in [0.15, 0.2) is 5.78 Å². The Morgan fingerprint density at radius 3 is 2.55 bits per heavy atom. The number of methoxy groups -OCH3 is 1. The van der Waals surface area contributed by atoms with Crippen LogP contribution in [0.5, 0.6) is 5.75 Å². The van der Waals surface area contributed by atoms with Gasteiger partial charge in [0.2, 0.25) is 10.0 Å². The molecule has 1 heterocycles. The number of nitrogens with one attached hydrogen (secondary N) is 3. The Balaban J connectivity index is 1.88. The van der Waals surface area contributed by atoms with Crippen LogP contribution in [0, 0.1) is 5.41 Å².